The summed E-state index contributed by atoms with van der Waals surface area (Å²) in [5.41, 5.74) is 3.90. The third kappa shape index (κ3) is 3.49. The molecular weight excluding hydrogens is 334 g/mol. The van der Waals surface area contributed by atoms with Gasteiger partial charge in [0.15, 0.2) is 5.13 Å². The van der Waals surface area contributed by atoms with E-state index in [9.17, 15) is 0 Å². The molecule has 0 bridgehead atoms. The highest BCUT2D eigenvalue weighted by molar-refractivity contribution is 7.21. The van der Waals surface area contributed by atoms with Gasteiger partial charge < -0.3 is 10.2 Å². The largest absolute Gasteiger partial charge is 0.316 e. The molecule has 0 unspecified atom stereocenters. The van der Waals surface area contributed by atoms with E-state index in [0.29, 0.717) is 0 Å². The molecule has 0 saturated heterocycles. The van der Waals surface area contributed by atoms with Gasteiger partial charge in [0.1, 0.15) is 16.2 Å². The molecule has 4 aromatic rings. The zero-order valence-corrected chi connectivity index (χ0v) is 14.7. The Kier molecular flexibility index (Phi) is 4.12. The zero-order valence-electron chi connectivity index (χ0n) is 13.9. The zero-order chi connectivity index (χ0) is 17.2. The minimum atomic E-state index is 0.779. The number of aromatic amines is 1. The lowest BCUT2D eigenvalue weighted by molar-refractivity contribution is 0.402. The van der Waals surface area contributed by atoms with E-state index in [0.717, 1.165) is 39.1 Å². The van der Waals surface area contributed by atoms with Crippen molar-refractivity contribution >= 4 is 32.6 Å². The SMILES string of the molecule is CN(C)Cc1ccnc(Nc2nc3ccc(-c4cn[nH]c4)nc3s2)c1. The second-order valence-electron chi connectivity index (χ2n) is 5.94. The van der Waals surface area contributed by atoms with Crippen molar-refractivity contribution in [1.29, 1.82) is 0 Å². The smallest absolute Gasteiger partial charge is 0.190 e. The van der Waals surface area contributed by atoms with E-state index in [1.807, 2.05) is 50.8 Å². The number of anilines is 2. The Bertz CT molecular complexity index is 991. The summed E-state index contributed by atoms with van der Waals surface area (Å²) in [4.78, 5) is 16.6. The summed E-state index contributed by atoms with van der Waals surface area (Å²) in [7, 11) is 4.09. The van der Waals surface area contributed by atoms with Gasteiger partial charge >= 0.3 is 0 Å². The van der Waals surface area contributed by atoms with E-state index in [-0.39, 0.29) is 0 Å². The van der Waals surface area contributed by atoms with Crippen molar-refractivity contribution in [2.24, 2.45) is 0 Å². The minimum absolute atomic E-state index is 0.779. The van der Waals surface area contributed by atoms with Crippen LogP contribution in [0.2, 0.25) is 0 Å². The van der Waals surface area contributed by atoms with Gasteiger partial charge in [0.2, 0.25) is 0 Å². The lowest BCUT2D eigenvalue weighted by atomic mass is 10.2. The lowest BCUT2D eigenvalue weighted by Crippen LogP contribution is -2.10. The van der Waals surface area contributed by atoms with E-state index in [2.05, 4.69) is 35.4 Å². The molecule has 25 heavy (non-hydrogen) atoms. The molecule has 4 rings (SSSR count). The molecule has 0 atom stereocenters. The number of fused-ring (bicyclic) bond motifs is 1. The molecule has 0 aromatic carbocycles. The average molecular weight is 351 g/mol. The van der Waals surface area contributed by atoms with Crippen LogP contribution >= 0.6 is 11.3 Å². The van der Waals surface area contributed by atoms with E-state index in [1.54, 1.807) is 6.20 Å². The molecule has 2 N–H and O–H groups in total. The first kappa shape index (κ1) is 15.7. The number of hydrogen-bond donors (Lipinski definition) is 2. The fraction of sp³-hybridized carbons (Fsp3) is 0.176. The second-order valence-corrected chi connectivity index (χ2v) is 6.92. The molecule has 4 heterocycles. The Morgan fingerprint density at radius 1 is 1.20 bits per heavy atom. The Morgan fingerprint density at radius 3 is 2.92 bits per heavy atom. The number of aromatic nitrogens is 5. The minimum Gasteiger partial charge on any atom is -0.316 e. The molecule has 0 fully saturated rings. The molecule has 0 aliphatic carbocycles. The number of rotatable bonds is 5. The first-order chi connectivity index (χ1) is 12.2. The summed E-state index contributed by atoms with van der Waals surface area (Å²) in [5.74, 6) is 0.786. The number of pyridine rings is 2. The Labute approximate surface area is 148 Å². The summed E-state index contributed by atoms with van der Waals surface area (Å²) in [6, 6.07) is 7.98. The van der Waals surface area contributed by atoms with Crippen LogP contribution in [0.1, 0.15) is 5.56 Å². The van der Waals surface area contributed by atoms with Crippen molar-refractivity contribution in [3.8, 4) is 11.3 Å². The first-order valence-electron chi connectivity index (χ1n) is 7.81. The Hall–Kier alpha value is -2.84. The van der Waals surface area contributed by atoms with Crippen molar-refractivity contribution in [1.82, 2.24) is 30.0 Å². The molecule has 7 nitrogen and oxygen atoms in total. The van der Waals surface area contributed by atoms with Crippen LogP contribution in [-0.2, 0) is 6.54 Å². The van der Waals surface area contributed by atoms with Crippen LogP contribution in [0.25, 0.3) is 21.6 Å². The molecule has 0 amide bonds. The average Bonchev–Trinajstić information content (AvgIpc) is 3.23. The summed E-state index contributed by atoms with van der Waals surface area (Å²) >= 11 is 1.51. The van der Waals surface area contributed by atoms with Gasteiger partial charge in [-0.15, -0.1) is 0 Å². The van der Waals surface area contributed by atoms with Crippen LogP contribution in [0, 0.1) is 0 Å². The maximum Gasteiger partial charge on any atom is 0.190 e. The Balaban J connectivity index is 1.60. The predicted molar refractivity (Wildman–Crippen MR) is 99.9 cm³/mol. The molecular formula is C17H17N7S. The van der Waals surface area contributed by atoms with Gasteiger partial charge in [0.05, 0.1) is 11.9 Å². The topological polar surface area (TPSA) is 82.6 Å². The molecule has 8 heteroatoms. The summed E-state index contributed by atoms with van der Waals surface area (Å²) < 4.78 is 0. The van der Waals surface area contributed by atoms with Crippen molar-refractivity contribution in [2.45, 2.75) is 6.54 Å². The molecule has 0 spiro atoms. The van der Waals surface area contributed by atoms with Crippen LogP contribution in [-0.4, -0.2) is 44.1 Å². The molecule has 4 aromatic heterocycles. The monoisotopic (exact) mass is 351 g/mol. The van der Waals surface area contributed by atoms with E-state index < -0.39 is 0 Å². The van der Waals surface area contributed by atoms with Crippen LogP contribution in [0.3, 0.4) is 0 Å². The lowest BCUT2D eigenvalue weighted by Gasteiger charge is -2.10. The van der Waals surface area contributed by atoms with Crippen LogP contribution < -0.4 is 5.32 Å². The molecule has 0 saturated carbocycles. The van der Waals surface area contributed by atoms with Crippen molar-refractivity contribution in [2.75, 3.05) is 19.4 Å². The maximum atomic E-state index is 4.67. The predicted octanol–water partition coefficient (Wildman–Crippen LogP) is 3.28. The van der Waals surface area contributed by atoms with Crippen LogP contribution in [0.5, 0.6) is 0 Å². The normalized spacial score (nSPS) is 11.3. The van der Waals surface area contributed by atoms with Crippen molar-refractivity contribution < 1.29 is 0 Å². The van der Waals surface area contributed by atoms with E-state index in [4.69, 9.17) is 0 Å². The molecule has 0 radical (unpaired) electrons. The highest BCUT2D eigenvalue weighted by Crippen LogP contribution is 2.28. The molecule has 0 aliphatic heterocycles. The third-order valence-corrected chi connectivity index (χ3v) is 4.49. The first-order valence-corrected chi connectivity index (χ1v) is 8.62. The number of hydrogen-bond acceptors (Lipinski definition) is 7. The van der Waals surface area contributed by atoms with Crippen molar-refractivity contribution in [3.05, 3.63) is 48.4 Å². The maximum absolute atomic E-state index is 4.67. The second kappa shape index (κ2) is 6.58. The Morgan fingerprint density at radius 2 is 2.12 bits per heavy atom. The van der Waals surface area contributed by atoms with E-state index in [1.165, 1.54) is 16.9 Å². The third-order valence-electron chi connectivity index (χ3n) is 3.61. The van der Waals surface area contributed by atoms with Gasteiger partial charge in [-0.05, 0) is 43.9 Å². The highest BCUT2D eigenvalue weighted by Gasteiger charge is 2.09. The van der Waals surface area contributed by atoms with Gasteiger partial charge in [0, 0.05) is 24.5 Å². The van der Waals surface area contributed by atoms with Gasteiger partial charge in [-0.1, -0.05) is 11.3 Å². The molecule has 0 aliphatic rings. The van der Waals surface area contributed by atoms with Crippen LogP contribution in [0.4, 0.5) is 10.9 Å². The summed E-state index contributed by atoms with van der Waals surface area (Å²) in [6.07, 6.45) is 5.40. The molecule has 126 valence electrons. The van der Waals surface area contributed by atoms with Crippen molar-refractivity contribution in [3.63, 3.8) is 0 Å². The van der Waals surface area contributed by atoms with Gasteiger partial charge in [0.25, 0.3) is 0 Å². The summed E-state index contributed by atoms with van der Waals surface area (Å²) in [5, 5.41) is 10.8. The fourth-order valence-corrected chi connectivity index (χ4v) is 3.38. The standard InChI is InChI=1S/C17H17N7S/c1-24(2)10-11-5-6-18-15(7-11)23-17-22-14-4-3-13(21-16(14)25-17)12-8-19-20-9-12/h3-9H,10H2,1-2H3,(H,19,20)(H,18,22,23). The fourth-order valence-electron chi connectivity index (χ4n) is 2.54. The number of H-pyrrole nitrogens is 1. The number of thiazole rings is 1. The summed E-state index contributed by atoms with van der Waals surface area (Å²) in [6.45, 7) is 0.868. The number of nitrogens with one attached hydrogen (secondary N) is 2. The quantitative estimate of drug-likeness (QED) is 0.574. The highest BCUT2D eigenvalue weighted by atomic mass is 32.1. The van der Waals surface area contributed by atoms with E-state index >= 15 is 0 Å². The van der Waals surface area contributed by atoms with Gasteiger partial charge in [-0.2, -0.15) is 5.10 Å². The van der Waals surface area contributed by atoms with Crippen LogP contribution in [0.15, 0.2) is 42.9 Å². The van der Waals surface area contributed by atoms with Gasteiger partial charge in [-0.3, -0.25) is 5.10 Å². The number of nitrogens with zero attached hydrogens (tertiary/aromatic N) is 5. The van der Waals surface area contributed by atoms with Gasteiger partial charge in [-0.25, -0.2) is 15.0 Å².